The van der Waals surface area contributed by atoms with Crippen LogP contribution in [0.25, 0.3) is 23.0 Å². The molecule has 0 aliphatic carbocycles. The summed E-state index contributed by atoms with van der Waals surface area (Å²) in [6, 6.07) is 9.96. The first-order chi connectivity index (χ1) is 9.88. The summed E-state index contributed by atoms with van der Waals surface area (Å²) in [6.45, 7) is 2.11. The molecule has 0 saturated heterocycles. The smallest absolute Gasteiger partial charge is 0.266 e. The lowest BCUT2D eigenvalue weighted by Gasteiger charge is -2.07. The average Bonchev–Trinajstić information content (AvgIpc) is 3.03. The van der Waals surface area contributed by atoms with Crippen molar-refractivity contribution in [2.45, 2.75) is 19.8 Å². The number of rotatable bonds is 4. The van der Waals surface area contributed by atoms with Crippen LogP contribution in [0.15, 0.2) is 47.2 Å². The van der Waals surface area contributed by atoms with Crippen molar-refractivity contribution in [2.24, 2.45) is 0 Å². The standard InChI is InChI=1S/C15H14N4O/c1-2-6-12-13(11-7-4-3-5-8-11)18-19-14(17-12)15-16-9-10-20-15/h3-5,7-10H,2,6H2,1H3. The molecule has 0 bridgehead atoms. The maximum Gasteiger partial charge on any atom is 0.266 e. The first-order valence-electron chi connectivity index (χ1n) is 6.57. The van der Waals surface area contributed by atoms with Gasteiger partial charge in [-0.25, -0.2) is 9.97 Å². The Morgan fingerprint density at radius 3 is 2.65 bits per heavy atom. The minimum Gasteiger partial charge on any atom is -0.442 e. The van der Waals surface area contributed by atoms with E-state index in [4.69, 9.17) is 4.42 Å². The Balaban J connectivity index is 2.07. The van der Waals surface area contributed by atoms with Crippen molar-refractivity contribution in [1.82, 2.24) is 20.2 Å². The number of nitrogens with zero attached hydrogens (tertiary/aromatic N) is 4. The minimum absolute atomic E-state index is 0.398. The molecule has 0 atom stereocenters. The minimum atomic E-state index is 0.398. The molecule has 0 N–H and O–H groups in total. The van der Waals surface area contributed by atoms with Crippen LogP contribution in [0.2, 0.25) is 0 Å². The fourth-order valence-electron chi connectivity index (χ4n) is 2.01. The van der Waals surface area contributed by atoms with E-state index in [1.807, 2.05) is 30.3 Å². The SMILES string of the molecule is CCCc1nc(-c2ncco2)nnc1-c1ccccc1. The Labute approximate surface area is 116 Å². The van der Waals surface area contributed by atoms with Crippen molar-refractivity contribution in [1.29, 1.82) is 0 Å². The van der Waals surface area contributed by atoms with Gasteiger partial charge in [-0.15, -0.1) is 10.2 Å². The molecule has 3 rings (SSSR count). The number of aromatic nitrogens is 4. The molecular formula is C15H14N4O. The zero-order chi connectivity index (χ0) is 13.8. The molecule has 0 spiro atoms. The molecule has 100 valence electrons. The summed E-state index contributed by atoms with van der Waals surface area (Å²) in [6.07, 6.45) is 4.91. The molecule has 5 heteroatoms. The fraction of sp³-hybridized carbons (Fsp3) is 0.200. The van der Waals surface area contributed by atoms with Gasteiger partial charge in [-0.3, -0.25) is 0 Å². The van der Waals surface area contributed by atoms with Gasteiger partial charge in [-0.2, -0.15) is 0 Å². The van der Waals surface area contributed by atoms with E-state index in [9.17, 15) is 0 Å². The van der Waals surface area contributed by atoms with E-state index in [2.05, 4.69) is 27.1 Å². The van der Waals surface area contributed by atoms with Gasteiger partial charge in [0.05, 0.1) is 11.9 Å². The van der Waals surface area contributed by atoms with Gasteiger partial charge in [0, 0.05) is 5.56 Å². The molecule has 0 aliphatic rings. The molecule has 0 saturated carbocycles. The van der Waals surface area contributed by atoms with Gasteiger partial charge in [0.1, 0.15) is 12.0 Å². The normalized spacial score (nSPS) is 10.7. The van der Waals surface area contributed by atoms with E-state index in [1.54, 1.807) is 6.20 Å². The molecule has 3 aromatic rings. The van der Waals surface area contributed by atoms with Crippen molar-refractivity contribution in [3.05, 3.63) is 48.5 Å². The van der Waals surface area contributed by atoms with E-state index in [1.165, 1.54) is 6.26 Å². The summed E-state index contributed by atoms with van der Waals surface area (Å²) in [5.41, 5.74) is 2.76. The van der Waals surface area contributed by atoms with Gasteiger partial charge in [0.25, 0.3) is 5.89 Å². The van der Waals surface area contributed by atoms with Crippen LogP contribution in [0, 0.1) is 0 Å². The Hall–Kier alpha value is -2.56. The molecule has 0 amide bonds. The lowest BCUT2D eigenvalue weighted by atomic mass is 10.1. The summed E-state index contributed by atoms with van der Waals surface area (Å²) < 4.78 is 5.22. The highest BCUT2D eigenvalue weighted by Crippen LogP contribution is 2.22. The first-order valence-corrected chi connectivity index (χ1v) is 6.57. The van der Waals surface area contributed by atoms with Gasteiger partial charge in [-0.1, -0.05) is 43.7 Å². The topological polar surface area (TPSA) is 64.7 Å². The summed E-state index contributed by atoms with van der Waals surface area (Å²) in [7, 11) is 0. The molecule has 2 aromatic heterocycles. The third-order valence-electron chi connectivity index (χ3n) is 2.92. The number of benzene rings is 1. The lowest BCUT2D eigenvalue weighted by molar-refractivity contribution is 0.566. The van der Waals surface area contributed by atoms with Crippen LogP contribution < -0.4 is 0 Å². The quantitative estimate of drug-likeness (QED) is 0.725. The van der Waals surface area contributed by atoms with E-state index >= 15 is 0 Å². The van der Waals surface area contributed by atoms with Gasteiger partial charge in [0.15, 0.2) is 0 Å². The zero-order valence-corrected chi connectivity index (χ0v) is 11.2. The highest BCUT2D eigenvalue weighted by molar-refractivity contribution is 5.61. The Kier molecular flexibility index (Phi) is 3.50. The summed E-state index contributed by atoms with van der Waals surface area (Å²) in [4.78, 5) is 8.61. The van der Waals surface area contributed by atoms with Crippen LogP contribution in [-0.2, 0) is 6.42 Å². The molecule has 0 radical (unpaired) electrons. The van der Waals surface area contributed by atoms with Crippen LogP contribution in [0.4, 0.5) is 0 Å². The molecule has 0 aliphatic heterocycles. The monoisotopic (exact) mass is 266 g/mol. The lowest BCUT2D eigenvalue weighted by Crippen LogP contribution is -2.03. The second-order valence-electron chi connectivity index (χ2n) is 4.38. The first kappa shape index (κ1) is 12.5. The maximum absolute atomic E-state index is 5.22. The predicted octanol–water partition coefficient (Wildman–Crippen LogP) is 3.15. The van der Waals surface area contributed by atoms with Gasteiger partial charge < -0.3 is 4.42 Å². The highest BCUT2D eigenvalue weighted by atomic mass is 16.3. The number of oxazole rings is 1. The van der Waals surface area contributed by atoms with E-state index < -0.39 is 0 Å². The predicted molar refractivity (Wildman–Crippen MR) is 74.8 cm³/mol. The summed E-state index contributed by atoms with van der Waals surface area (Å²) >= 11 is 0. The van der Waals surface area contributed by atoms with Crippen molar-refractivity contribution in [2.75, 3.05) is 0 Å². The van der Waals surface area contributed by atoms with Gasteiger partial charge in [0.2, 0.25) is 5.82 Å². The number of aryl methyl sites for hydroxylation is 1. The van der Waals surface area contributed by atoms with Crippen LogP contribution in [0.5, 0.6) is 0 Å². The van der Waals surface area contributed by atoms with E-state index in [0.717, 1.165) is 29.8 Å². The maximum atomic E-state index is 5.22. The Morgan fingerprint density at radius 1 is 1.10 bits per heavy atom. The molecular weight excluding hydrogens is 252 g/mol. The number of hydrogen-bond donors (Lipinski definition) is 0. The second-order valence-corrected chi connectivity index (χ2v) is 4.38. The van der Waals surface area contributed by atoms with Crippen molar-refractivity contribution < 1.29 is 4.42 Å². The van der Waals surface area contributed by atoms with Crippen LogP contribution in [0.3, 0.4) is 0 Å². The Bertz CT molecular complexity index is 680. The molecule has 0 fully saturated rings. The van der Waals surface area contributed by atoms with Crippen LogP contribution in [-0.4, -0.2) is 20.2 Å². The molecule has 1 aromatic carbocycles. The third kappa shape index (κ3) is 2.42. The summed E-state index contributed by atoms with van der Waals surface area (Å²) in [5, 5.41) is 8.43. The van der Waals surface area contributed by atoms with Crippen molar-refractivity contribution in [3.63, 3.8) is 0 Å². The molecule has 20 heavy (non-hydrogen) atoms. The van der Waals surface area contributed by atoms with E-state index in [-0.39, 0.29) is 0 Å². The average molecular weight is 266 g/mol. The second kappa shape index (κ2) is 5.61. The third-order valence-corrected chi connectivity index (χ3v) is 2.92. The fourth-order valence-corrected chi connectivity index (χ4v) is 2.01. The molecule has 0 unspecified atom stereocenters. The van der Waals surface area contributed by atoms with Crippen molar-refractivity contribution >= 4 is 0 Å². The van der Waals surface area contributed by atoms with E-state index in [0.29, 0.717) is 11.7 Å². The summed E-state index contributed by atoms with van der Waals surface area (Å²) in [5.74, 6) is 0.826. The van der Waals surface area contributed by atoms with Crippen molar-refractivity contribution in [3.8, 4) is 23.0 Å². The highest BCUT2D eigenvalue weighted by Gasteiger charge is 2.13. The Morgan fingerprint density at radius 2 is 1.95 bits per heavy atom. The van der Waals surface area contributed by atoms with Crippen LogP contribution in [0.1, 0.15) is 19.0 Å². The van der Waals surface area contributed by atoms with Crippen LogP contribution >= 0.6 is 0 Å². The largest absolute Gasteiger partial charge is 0.442 e. The zero-order valence-electron chi connectivity index (χ0n) is 11.2. The molecule has 5 nitrogen and oxygen atoms in total. The number of hydrogen-bond acceptors (Lipinski definition) is 5. The van der Waals surface area contributed by atoms with Gasteiger partial charge >= 0.3 is 0 Å². The van der Waals surface area contributed by atoms with Gasteiger partial charge in [-0.05, 0) is 6.42 Å². The molecule has 2 heterocycles.